The molecule has 3 bridgehead atoms. The van der Waals surface area contributed by atoms with Gasteiger partial charge in [0.1, 0.15) is 23.9 Å². The van der Waals surface area contributed by atoms with Crippen LogP contribution in [0.2, 0.25) is 0 Å². The minimum atomic E-state index is -1.60. The molecular weight excluding hydrogens is 504 g/mol. The van der Waals surface area contributed by atoms with Crippen LogP contribution in [0.5, 0.6) is 0 Å². The second-order valence-electron chi connectivity index (χ2n) is 13.5. The first-order valence-electron chi connectivity index (χ1n) is 14.9. The molecule has 2 spiro atoms. The number of carbonyl (C=O) groups excluding carboxylic acids is 1. The summed E-state index contributed by atoms with van der Waals surface area (Å²) in [6.07, 6.45) is 3.67. The van der Waals surface area contributed by atoms with E-state index < -0.39 is 83.1 Å². The molecule has 6 aliphatic rings. The average molecular weight is 549 g/mol. The van der Waals surface area contributed by atoms with Crippen molar-refractivity contribution < 1.29 is 43.9 Å². The number of ketones is 1. The lowest BCUT2D eigenvalue weighted by atomic mass is 9.51. The Morgan fingerprint density at radius 3 is 2.46 bits per heavy atom. The maximum absolute atomic E-state index is 14.6. The van der Waals surface area contributed by atoms with Gasteiger partial charge >= 0.3 is 5.97 Å². The fourth-order valence-electron chi connectivity index (χ4n) is 9.41. The van der Waals surface area contributed by atoms with E-state index in [9.17, 15) is 24.9 Å². The lowest BCUT2D eigenvalue weighted by Gasteiger charge is -2.60. The number of rotatable bonds is 4. The molecule has 13 atom stereocenters. The summed E-state index contributed by atoms with van der Waals surface area (Å²) in [7, 11) is 0. The largest absolute Gasteiger partial charge is 0.481 e. The Kier molecular flexibility index (Phi) is 6.46. The molecule has 218 valence electrons. The van der Waals surface area contributed by atoms with E-state index in [0.29, 0.717) is 12.8 Å². The van der Waals surface area contributed by atoms with Gasteiger partial charge in [0, 0.05) is 12.3 Å². The molecule has 9 heteroatoms. The van der Waals surface area contributed by atoms with Gasteiger partial charge in [-0.15, -0.1) is 0 Å². The summed E-state index contributed by atoms with van der Waals surface area (Å²) in [6.45, 7) is 11.4. The van der Waals surface area contributed by atoms with Crippen LogP contribution in [0.15, 0.2) is 12.2 Å². The van der Waals surface area contributed by atoms with Crippen LogP contribution in [0.3, 0.4) is 0 Å². The Bertz CT molecular complexity index is 1060. The predicted octanol–water partition coefficient (Wildman–Crippen LogP) is 3.20. The molecular formula is C30H44O9. The van der Waals surface area contributed by atoms with E-state index in [4.69, 9.17) is 18.9 Å². The van der Waals surface area contributed by atoms with Crippen molar-refractivity contribution in [3.05, 3.63) is 12.2 Å². The van der Waals surface area contributed by atoms with Gasteiger partial charge in [0.05, 0.1) is 24.0 Å². The number of fused-ring (bicyclic) bond motifs is 1. The number of hydrogen-bond acceptors (Lipinski definition) is 8. The smallest absolute Gasteiger partial charge is 0.306 e. The normalized spacial score (nSPS) is 53.4. The van der Waals surface area contributed by atoms with Gasteiger partial charge in [-0.3, -0.25) is 9.59 Å². The highest BCUT2D eigenvalue weighted by Gasteiger charge is 2.86. The molecule has 4 saturated heterocycles. The summed E-state index contributed by atoms with van der Waals surface area (Å²) in [5, 5.41) is 32.4. The Labute approximate surface area is 230 Å². The predicted molar refractivity (Wildman–Crippen MR) is 138 cm³/mol. The molecule has 9 nitrogen and oxygen atoms in total. The molecule has 3 N–H and O–H groups in total. The van der Waals surface area contributed by atoms with E-state index in [2.05, 4.69) is 6.58 Å². The number of aliphatic carboxylic acids is 1. The van der Waals surface area contributed by atoms with E-state index in [0.717, 1.165) is 44.1 Å². The zero-order valence-corrected chi connectivity index (χ0v) is 23.6. The minimum Gasteiger partial charge on any atom is -0.481 e. The number of ether oxygens (including phenoxy) is 4. The van der Waals surface area contributed by atoms with Crippen molar-refractivity contribution >= 4 is 11.8 Å². The number of epoxide rings is 1. The summed E-state index contributed by atoms with van der Waals surface area (Å²) in [5.41, 5.74) is -2.75. The van der Waals surface area contributed by atoms with E-state index >= 15 is 0 Å². The van der Waals surface area contributed by atoms with Gasteiger partial charge in [-0.1, -0.05) is 59.5 Å². The molecule has 0 amide bonds. The van der Waals surface area contributed by atoms with E-state index in [1.54, 1.807) is 6.92 Å². The molecule has 2 aliphatic carbocycles. The number of aliphatic hydroxyl groups is 2. The molecule has 0 aromatic heterocycles. The molecule has 0 aromatic carbocycles. The Balaban J connectivity index is 1.62. The van der Waals surface area contributed by atoms with Crippen LogP contribution in [-0.2, 0) is 28.5 Å². The highest BCUT2D eigenvalue weighted by Crippen LogP contribution is 2.71. The fraction of sp³-hybridized carbons (Fsp3) is 0.867. The standard InChI is InChI=1S/C30H44O9/c1-15(2)27-13-17(4)30-20-19(18(5)26(34)35)16(3)11-9-7-6-8-10-12-29(38-27,39-30)37-24(27)21(30)25-28(14-31,36-25)23(33)22(20)32/h16-21,23-25,31,33H,1,6-14H2,2-5H3,(H,34,35)/t16-,17+,18-,19-,20+,21+,23-,24+,25-,27+,28+,29?,30-/m0/s1. The van der Waals surface area contributed by atoms with Gasteiger partial charge in [-0.2, -0.15) is 0 Å². The lowest BCUT2D eigenvalue weighted by molar-refractivity contribution is -0.429. The maximum Gasteiger partial charge on any atom is 0.306 e. The third-order valence-corrected chi connectivity index (χ3v) is 11.4. The number of carboxylic acid groups (broad SMARTS) is 1. The molecule has 39 heavy (non-hydrogen) atoms. The van der Waals surface area contributed by atoms with E-state index in [-0.39, 0.29) is 11.8 Å². The number of aliphatic hydroxyl groups excluding tert-OH is 2. The van der Waals surface area contributed by atoms with Crippen molar-refractivity contribution in [2.24, 2.45) is 35.5 Å². The summed E-state index contributed by atoms with van der Waals surface area (Å²) >= 11 is 0. The van der Waals surface area contributed by atoms with E-state index in [1.807, 2.05) is 20.8 Å². The van der Waals surface area contributed by atoms with Crippen LogP contribution in [0.4, 0.5) is 0 Å². The van der Waals surface area contributed by atoms with Crippen LogP contribution in [0.1, 0.15) is 79.1 Å². The van der Waals surface area contributed by atoms with Crippen LogP contribution in [0.25, 0.3) is 0 Å². The number of carboxylic acids is 1. The zero-order valence-electron chi connectivity index (χ0n) is 23.6. The summed E-state index contributed by atoms with van der Waals surface area (Å²) in [6, 6.07) is 0. The summed E-state index contributed by atoms with van der Waals surface area (Å²) in [5.74, 6) is -6.22. The molecule has 1 unspecified atom stereocenters. The van der Waals surface area contributed by atoms with Crippen molar-refractivity contribution in [2.75, 3.05) is 6.61 Å². The van der Waals surface area contributed by atoms with Gasteiger partial charge in [-0.05, 0) is 43.1 Å². The zero-order chi connectivity index (χ0) is 28.1. The summed E-state index contributed by atoms with van der Waals surface area (Å²) < 4.78 is 26.8. The van der Waals surface area contributed by atoms with Crippen molar-refractivity contribution in [2.45, 2.75) is 120 Å². The molecule has 2 saturated carbocycles. The number of carbonyl (C=O) groups is 2. The number of Topliss-reactive ketones (excluding diaryl/α,β-unsaturated/α-hetero) is 1. The lowest BCUT2D eigenvalue weighted by Crippen LogP contribution is -2.72. The third-order valence-electron chi connectivity index (χ3n) is 11.4. The molecule has 0 aromatic rings. The SMILES string of the molecule is C=C(C)[C@]12C[C@@H](C)[C@]34OC5(CCCCCCC[C@H](C)[C@@H]([C@H](C)C(=O)O)[C@@H]3C(=O)[C@H](O)[C@@]3(CO)O[C@H]3[C@H]4[C@H]1O5)O2. The first-order valence-corrected chi connectivity index (χ1v) is 14.9. The Morgan fingerprint density at radius 2 is 1.79 bits per heavy atom. The Morgan fingerprint density at radius 1 is 1.10 bits per heavy atom. The van der Waals surface area contributed by atoms with Crippen molar-refractivity contribution in [3.8, 4) is 0 Å². The molecule has 4 aliphatic heterocycles. The van der Waals surface area contributed by atoms with Crippen molar-refractivity contribution in [1.29, 1.82) is 0 Å². The van der Waals surface area contributed by atoms with Gasteiger partial charge < -0.3 is 34.3 Å². The van der Waals surface area contributed by atoms with Crippen LogP contribution < -0.4 is 0 Å². The Hall–Kier alpha value is -1.36. The van der Waals surface area contributed by atoms with Crippen molar-refractivity contribution in [1.82, 2.24) is 0 Å². The second kappa shape index (κ2) is 9.07. The second-order valence-corrected chi connectivity index (χ2v) is 13.5. The van der Waals surface area contributed by atoms with E-state index in [1.165, 1.54) is 0 Å². The van der Waals surface area contributed by atoms with Crippen LogP contribution in [0, 0.1) is 35.5 Å². The fourth-order valence-corrected chi connectivity index (χ4v) is 9.41. The molecule has 4 heterocycles. The highest BCUT2D eigenvalue weighted by molar-refractivity contribution is 5.90. The third kappa shape index (κ3) is 3.53. The first-order chi connectivity index (χ1) is 18.4. The molecule has 6 fully saturated rings. The van der Waals surface area contributed by atoms with Gasteiger partial charge in [0.25, 0.3) is 5.97 Å². The average Bonchev–Trinajstić information content (AvgIpc) is 3.58. The maximum atomic E-state index is 14.6. The monoisotopic (exact) mass is 548 g/mol. The van der Waals surface area contributed by atoms with Gasteiger partial charge in [-0.25, -0.2) is 0 Å². The van der Waals surface area contributed by atoms with Crippen LogP contribution >= 0.6 is 0 Å². The molecule has 6 rings (SSSR count). The highest BCUT2D eigenvalue weighted by atomic mass is 16.9. The number of hydrogen-bond donors (Lipinski definition) is 3. The minimum absolute atomic E-state index is 0.116. The molecule has 0 radical (unpaired) electrons. The van der Waals surface area contributed by atoms with Crippen molar-refractivity contribution in [3.63, 3.8) is 0 Å². The first kappa shape index (κ1) is 27.8. The quantitative estimate of drug-likeness (QED) is 0.357. The summed E-state index contributed by atoms with van der Waals surface area (Å²) in [4.78, 5) is 27.2. The van der Waals surface area contributed by atoms with Gasteiger partial charge in [0.15, 0.2) is 11.4 Å². The van der Waals surface area contributed by atoms with Crippen LogP contribution in [-0.4, -0.2) is 74.8 Å². The topological polar surface area (TPSA) is 135 Å². The van der Waals surface area contributed by atoms with Gasteiger partial charge in [0.2, 0.25) is 0 Å².